The van der Waals surface area contributed by atoms with E-state index in [4.69, 9.17) is 18.9 Å². The largest absolute Gasteiger partial charge is 0.494 e. The SMILES string of the molecule is CCOc1ccc(C(=O)[C@H](CC[C@@H](CN2CCOCC2)C(=O)c2ccc(OCC)cc2)CN2CCOCC2)cc1. The molecule has 2 aliphatic rings. The standard InChI is InChI=1S/C32H44N2O6/c1-3-39-29-11-7-25(8-12-29)31(35)27(23-33-15-19-37-20-16-33)5-6-28(24-34-17-21-38-22-18-34)32(36)26-9-13-30(14-10-26)40-4-2/h7-14,27-28H,3-6,15-24H2,1-2H3/t27-,28+. The van der Waals surface area contributed by atoms with Crippen molar-refractivity contribution in [2.24, 2.45) is 11.8 Å². The van der Waals surface area contributed by atoms with Gasteiger partial charge in [0, 0.05) is 62.2 Å². The summed E-state index contributed by atoms with van der Waals surface area (Å²) < 4.78 is 22.2. The van der Waals surface area contributed by atoms with Crippen LogP contribution >= 0.6 is 0 Å². The predicted molar refractivity (Wildman–Crippen MR) is 155 cm³/mol. The molecular weight excluding hydrogens is 508 g/mol. The second-order valence-electron chi connectivity index (χ2n) is 10.4. The molecule has 0 aromatic heterocycles. The van der Waals surface area contributed by atoms with Crippen LogP contribution in [0.25, 0.3) is 0 Å². The topological polar surface area (TPSA) is 77.5 Å². The van der Waals surface area contributed by atoms with Crippen molar-refractivity contribution in [1.82, 2.24) is 9.80 Å². The van der Waals surface area contributed by atoms with E-state index >= 15 is 0 Å². The Morgan fingerprint density at radius 2 is 1.00 bits per heavy atom. The van der Waals surface area contributed by atoms with Gasteiger partial charge in [-0.05, 0) is 75.2 Å². The average Bonchev–Trinajstić information content (AvgIpc) is 3.00. The maximum Gasteiger partial charge on any atom is 0.167 e. The van der Waals surface area contributed by atoms with Crippen LogP contribution in [0.15, 0.2) is 48.5 Å². The quantitative estimate of drug-likeness (QED) is 0.304. The summed E-state index contributed by atoms with van der Waals surface area (Å²) in [5.41, 5.74) is 1.37. The highest BCUT2D eigenvalue weighted by molar-refractivity contribution is 5.99. The number of rotatable bonds is 15. The summed E-state index contributed by atoms with van der Waals surface area (Å²) in [4.78, 5) is 32.2. The highest BCUT2D eigenvalue weighted by Crippen LogP contribution is 2.25. The molecule has 0 saturated carbocycles. The van der Waals surface area contributed by atoms with Gasteiger partial charge in [-0.25, -0.2) is 0 Å². The molecule has 8 nitrogen and oxygen atoms in total. The third-order valence-electron chi connectivity index (χ3n) is 7.67. The molecule has 0 spiro atoms. The van der Waals surface area contributed by atoms with Crippen LogP contribution in [0.1, 0.15) is 47.4 Å². The molecule has 8 heteroatoms. The fraction of sp³-hybridized carbons (Fsp3) is 0.562. The number of ketones is 2. The molecule has 0 aliphatic carbocycles. The first-order chi connectivity index (χ1) is 19.6. The number of carbonyl (C=O) groups excluding carboxylic acids is 2. The molecule has 4 rings (SSSR count). The second kappa shape index (κ2) is 15.9. The summed E-state index contributed by atoms with van der Waals surface area (Å²) in [5.74, 6) is 1.33. The van der Waals surface area contributed by atoms with Crippen LogP contribution < -0.4 is 9.47 Å². The Morgan fingerprint density at radius 3 is 1.32 bits per heavy atom. The normalized spacial score (nSPS) is 18.1. The molecular formula is C32H44N2O6. The average molecular weight is 553 g/mol. The minimum Gasteiger partial charge on any atom is -0.494 e. The molecule has 2 heterocycles. The van der Waals surface area contributed by atoms with Gasteiger partial charge in [-0.2, -0.15) is 0 Å². The lowest BCUT2D eigenvalue weighted by atomic mass is 9.86. The van der Waals surface area contributed by atoms with Gasteiger partial charge in [-0.1, -0.05) is 0 Å². The summed E-state index contributed by atoms with van der Waals surface area (Å²) in [7, 11) is 0. The van der Waals surface area contributed by atoms with Crippen LogP contribution in [0.2, 0.25) is 0 Å². The molecule has 2 aliphatic heterocycles. The summed E-state index contributed by atoms with van der Waals surface area (Å²) in [6.07, 6.45) is 1.28. The van der Waals surface area contributed by atoms with Crippen LogP contribution in [0, 0.1) is 11.8 Å². The summed E-state index contributed by atoms with van der Waals surface area (Å²) >= 11 is 0. The third-order valence-corrected chi connectivity index (χ3v) is 7.67. The Bertz CT molecular complexity index is 961. The molecule has 0 amide bonds. The molecule has 2 saturated heterocycles. The van der Waals surface area contributed by atoms with Crippen molar-refractivity contribution in [3.63, 3.8) is 0 Å². The van der Waals surface area contributed by atoms with Crippen molar-refractivity contribution < 1.29 is 28.5 Å². The van der Waals surface area contributed by atoms with Gasteiger partial charge in [0.05, 0.1) is 39.6 Å². The predicted octanol–water partition coefficient (Wildman–Crippen LogP) is 4.23. The van der Waals surface area contributed by atoms with Gasteiger partial charge in [-0.3, -0.25) is 19.4 Å². The first-order valence-electron chi connectivity index (χ1n) is 14.7. The number of Topliss-reactive ketones (excluding diaryl/α,β-unsaturated/α-hetero) is 2. The van der Waals surface area contributed by atoms with Crippen LogP contribution in [-0.2, 0) is 9.47 Å². The zero-order valence-corrected chi connectivity index (χ0v) is 24.0. The van der Waals surface area contributed by atoms with Crippen LogP contribution in [0.4, 0.5) is 0 Å². The van der Waals surface area contributed by atoms with Crippen LogP contribution in [0.3, 0.4) is 0 Å². The Morgan fingerprint density at radius 1 is 0.650 bits per heavy atom. The van der Waals surface area contributed by atoms with Crippen molar-refractivity contribution in [2.45, 2.75) is 26.7 Å². The number of morpholine rings is 2. The summed E-state index contributed by atoms with van der Waals surface area (Å²) in [6, 6.07) is 14.9. The number of nitrogens with zero attached hydrogens (tertiary/aromatic N) is 2. The molecule has 218 valence electrons. The van der Waals surface area contributed by atoms with E-state index in [-0.39, 0.29) is 23.4 Å². The van der Waals surface area contributed by atoms with Crippen molar-refractivity contribution in [3.05, 3.63) is 59.7 Å². The molecule has 0 unspecified atom stereocenters. The van der Waals surface area contributed by atoms with Crippen LogP contribution in [-0.4, -0.2) is 100 Å². The molecule has 0 bridgehead atoms. The van der Waals surface area contributed by atoms with E-state index in [9.17, 15) is 9.59 Å². The Kier molecular flexibility index (Phi) is 12.0. The van der Waals surface area contributed by atoms with Gasteiger partial charge in [0.2, 0.25) is 0 Å². The Labute approximate surface area is 238 Å². The fourth-order valence-corrected chi connectivity index (χ4v) is 5.44. The van der Waals surface area contributed by atoms with Gasteiger partial charge in [-0.15, -0.1) is 0 Å². The minimum atomic E-state index is -0.212. The first kappa shape index (κ1) is 30.2. The molecule has 2 atom stereocenters. The highest BCUT2D eigenvalue weighted by Gasteiger charge is 2.29. The number of benzene rings is 2. The summed E-state index contributed by atoms with van der Waals surface area (Å²) in [6.45, 7) is 12.4. The molecule has 2 aromatic rings. The van der Waals surface area contributed by atoms with Crippen molar-refractivity contribution >= 4 is 11.6 Å². The zero-order valence-electron chi connectivity index (χ0n) is 24.0. The monoisotopic (exact) mass is 552 g/mol. The van der Waals surface area contributed by atoms with E-state index in [0.29, 0.717) is 76.7 Å². The van der Waals surface area contributed by atoms with E-state index in [1.165, 1.54) is 0 Å². The fourth-order valence-electron chi connectivity index (χ4n) is 5.44. The van der Waals surface area contributed by atoms with E-state index in [1.807, 2.05) is 62.4 Å². The molecule has 2 aromatic carbocycles. The highest BCUT2D eigenvalue weighted by atomic mass is 16.5. The first-order valence-corrected chi connectivity index (χ1v) is 14.7. The number of carbonyl (C=O) groups is 2. The third kappa shape index (κ3) is 8.86. The smallest absolute Gasteiger partial charge is 0.167 e. The lowest BCUT2D eigenvalue weighted by Gasteiger charge is -2.32. The Balaban J connectivity index is 1.50. The molecule has 0 N–H and O–H groups in total. The molecule has 2 fully saturated rings. The van der Waals surface area contributed by atoms with Gasteiger partial charge < -0.3 is 18.9 Å². The van der Waals surface area contributed by atoms with E-state index < -0.39 is 0 Å². The molecule has 0 radical (unpaired) electrons. The summed E-state index contributed by atoms with van der Waals surface area (Å²) in [5, 5.41) is 0. The van der Waals surface area contributed by atoms with Gasteiger partial charge >= 0.3 is 0 Å². The van der Waals surface area contributed by atoms with Gasteiger partial charge in [0.1, 0.15) is 11.5 Å². The van der Waals surface area contributed by atoms with Crippen molar-refractivity contribution in [2.75, 3.05) is 78.9 Å². The second-order valence-corrected chi connectivity index (χ2v) is 10.4. The lowest BCUT2D eigenvalue weighted by molar-refractivity contribution is 0.0254. The number of hydrogen-bond donors (Lipinski definition) is 0. The van der Waals surface area contributed by atoms with Crippen LogP contribution in [0.5, 0.6) is 11.5 Å². The maximum atomic E-state index is 13.8. The minimum absolute atomic E-state index is 0.119. The van der Waals surface area contributed by atoms with Gasteiger partial charge in [0.15, 0.2) is 11.6 Å². The lowest BCUT2D eigenvalue weighted by Crippen LogP contribution is -2.42. The van der Waals surface area contributed by atoms with Crippen molar-refractivity contribution in [1.29, 1.82) is 0 Å². The number of ether oxygens (including phenoxy) is 4. The molecule has 40 heavy (non-hydrogen) atoms. The Hall–Kier alpha value is -2.78. The van der Waals surface area contributed by atoms with E-state index in [2.05, 4.69) is 9.80 Å². The van der Waals surface area contributed by atoms with E-state index in [1.54, 1.807) is 0 Å². The van der Waals surface area contributed by atoms with Crippen molar-refractivity contribution in [3.8, 4) is 11.5 Å². The maximum absolute atomic E-state index is 13.8. The zero-order chi connectivity index (χ0) is 28.2. The van der Waals surface area contributed by atoms with E-state index in [0.717, 1.165) is 37.7 Å². The number of hydrogen-bond acceptors (Lipinski definition) is 8. The van der Waals surface area contributed by atoms with Gasteiger partial charge in [0.25, 0.3) is 0 Å².